The van der Waals surface area contributed by atoms with Gasteiger partial charge in [-0.3, -0.25) is 0 Å². The van der Waals surface area contributed by atoms with E-state index < -0.39 is 9.84 Å². The molecule has 106 valence electrons. The van der Waals surface area contributed by atoms with Gasteiger partial charge in [0.15, 0.2) is 15.7 Å². The van der Waals surface area contributed by atoms with E-state index in [1.165, 1.54) is 11.5 Å². The summed E-state index contributed by atoms with van der Waals surface area (Å²) in [5, 5.41) is 1.02. The van der Waals surface area contributed by atoms with E-state index in [1.54, 1.807) is 0 Å². The molecule has 1 unspecified atom stereocenters. The van der Waals surface area contributed by atoms with Gasteiger partial charge in [0.1, 0.15) is 9.90 Å². The van der Waals surface area contributed by atoms with E-state index in [-0.39, 0.29) is 11.1 Å². The van der Waals surface area contributed by atoms with Crippen LogP contribution in [0.4, 0.5) is 10.8 Å². The van der Waals surface area contributed by atoms with Gasteiger partial charge < -0.3 is 10.6 Å². The molecule has 0 aromatic carbocycles. The molecule has 3 rings (SSSR count). The molecule has 1 aliphatic heterocycles. The summed E-state index contributed by atoms with van der Waals surface area (Å²) in [6, 6.07) is 0. The zero-order valence-electron chi connectivity index (χ0n) is 10.7. The van der Waals surface area contributed by atoms with Crippen LogP contribution in [0.5, 0.6) is 0 Å². The fourth-order valence-corrected chi connectivity index (χ4v) is 6.38. The van der Waals surface area contributed by atoms with Gasteiger partial charge in [-0.15, -0.1) is 0 Å². The molecule has 0 amide bonds. The van der Waals surface area contributed by atoms with Crippen LogP contribution >= 0.6 is 23.3 Å². The van der Waals surface area contributed by atoms with Crippen molar-refractivity contribution >= 4 is 44.0 Å². The lowest BCUT2D eigenvalue weighted by Crippen LogP contribution is -2.36. The van der Waals surface area contributed by atoms with Gasteiger partial charge in [-0.05, 0) is 24.4 Å². The summed E-state index contributed by atoms with van der Waals surface area (Å²) >= 11 is 3.14. The molecule has 2 aliphatic rings. The predicted octanol–water partition coefficient (Wildman–Crippen LogP) is 1.60. The second-order valence-electron chi connectivity index (χ2n) is 5.07. The molecule has 2 fully saturated rings. The highest BCUT2D eigenvalue weighted by Gasteiger charge is 2.41. The smallest absolute Gasteiger partial charge is 0.187 e. The van der Waals surface area contributed by atoms with Crippen LogP contribution in [0.25, 0.3) is 0 Å². The molecule has 8 heteroatoms. The molecule has 1 aromatic heterocycles. The Morgan fingerprint density at radius 2 is 2.16 bits per heavy atom. The van der Waals surface area contributed by atoms with Crippen molar-refractivity contribution in [2.45, 2.75) is 35.2 Å². The second kappa shape index (κ2) is 4.82. The van der Waals surface area contributed by atoms with Crippen molar-refractivity contribution in [3.63, 3.8) is 0 Å². The van der Waals surface area contributed by atoms with Gasteiger partial charge in [0, 0.05) is 24.1 Å². The summed E-state index contributed by atoms with van der Waals surface area (Å²) < 4.78 is 29.0. The molecule has 0 spiro atoms. The van der Waals surface area contributed by atoms with Gasteiger partial charge in [-0.1, -0.05) is 6.92 Å². The van der Waals surface area contributed by atoms with Crippen molar-refractivity contribution < 1.29 is 8.42 Å². The van der Waals surface area contributed by atoms with E-state index >= 15 is 0 Å². The molecule has 5 nitrogen and oxygen atoms in total. The molecule has 2 heterocycles. The zero-order chi connectivity index (χ0) is 13.6. The van der Waals surface area contributed by atoms with Crippen LogP contribution in [0, 0.1) is 0 Å². The molecule has 0 radical (unpaired) electrons. The maximum Gasteiger partial charge on any atom is 0.187 e. The van der Waals surface area contributed by atoms with Crippen molar-refractivity contribution in [1.82, 2.24) is 4.37 Å². The third kappa shape index (κ3) is 2.45. The number of hydrogen-bond donors (Lipinski definition) is 1. The van der Waals surface area contributed by atoms with E-state index in [1.807, 2.05) is 11.8 Å². The summed E-state index contributed by atoms with van der Waals surface area (Å²) in [4.78, 5) is 2.42. The summed E-state index contributed by atoms with van der Waals surface area (Å²) in [7, 11) is -3.28. The lowest BCUT2D eigenvalue weighted by molar-refractivity contribution is 0.595. The van der Waals surface area contributed by atoms with Crippen LogP contribution < -0.4 is 10.6 Å². The molecule has 0 bridgehead atoms. The molecular formula is C11H17N3O2S3. The number of hydrogen-bond acceptors (Lipinski definition) is 7. The SMILES string of the molecule is CC1CN(c2snc(N)c2S(=O)(=O)C2CC2)CCS1. The summed E-state index contributed by atoms with van der Waals surface area (Å²) in [5.74, 6) is 1.19. The quantitative estimate of drug-likeness (QED) is 0.912. The maximum absolute atomic E-state index is 12.5. The first-order valence-corrected chi connectivity index (χ1v) is 9.72. The first-order valence-electron chi connectivity index (χ1n) is 6.35. The number of nitrogen functional groups attached to an aromatic ring is 1. The van der Waals surface area contributed by atoms with Crippen LogP contribution in [-0.2, 0) is 9.84 Å². The molecular weight excluding hydrogens is 302 g/mol. The van der Waals surface area contributed by atoms with Gasteiger partial charge in [0.05, 0.1) is 5.25 Å². The van der Waals surface area contributed by atoms with E-state index in [0.29, 0.717) is 10.1 Å². The third-order valence-corrected chi connectivity index (χ3v) is 7.94. The second-order valence-corrected chi connectivity index (χ2v) is 9.54. The van der Waals surface area contributed by atoms with Crippen molar-refractivity contribution in [3.05, 3.63) is 0 Å². The van der Waals surface area contributed by atoms with E-state index in [9.17, 15) is 8.42 Å². The number of aromatic nitrogens is 1. The first kappa shape index (κ1) is 13.5. The predicted molar refractivity (Wildman–Crippen MR) is 80.9 cm³/mol. The van der Waals surface area contributed by atoms with Gasteiger partial charge in [-0.2, -0.15) is 16.1 Å². The summed E-state index contributed by atoms with van der Waals surface area (Å²) in [5.41, 5.74) is 5.82. The van der Waals surface area contributed by atoms with Gasteiger partial charge in [0.2, 0.25) is 0 Å². The minimum Gasteiger partial charge on any atom is -0.382 e. The standard InChI is InChI=1S/C11H17N3O2S3/c1-7-6-14(4-5-17-7)11-9(10(12)13-18-11)19(15,16)8-2-3-8/h7-8H,2-6H2,1H3,(H2,12,13). The highest BCUT2D eigenvalue weighted by atomic mass is 32.2. The Bertz CT molecular complexity index is 580. The Hall–Kier alpha value is -0.470. The zero-order valence-corrected chi connectivity index (χ0v) is 13.2. The average Bonchev–Trinajstić information content (AvgIpc) is 3.13. The monoisotopic (exact) mass is 319 g/mol. The molecule has 1 saturated heterocycles. The Kier molecular flexibility index (Phi) is 3.43. The van der Waals surface area contributed by atoms with Crippen LogP contribution in [0.15, 0.2) is 4.90 Å². The minimum absolute atomic E-state index is 0.178. The third-order valence-electron chi connectivity index (χ3n) is 3.43. The fraction of sp³-hybridized carbons (Fsp3) is 0.727. The largest absolute Gasteiger partial charge is 0.382 e. The van der Waals surface area contributed by atoms with Gasteiger partial charge >= 0.3 is 0 Å². The Labute approximate surface area is 121 Å². The van der Waals surface area contributed by atoms with Gasteiger partial charge in [-0.25, -0.2) is 8.42 Å². The Morgan fingerprint density at radius 3 is 2.79 bits per heavy atom. The average molecular weight is 319 g/mol. The number of nitrogens with two attached hydrogens (primary N) is 1. The van der Waals surface area contributed by atoms with Crippen LogP contribution in [0.2, 0.25) is 0 Å². The highest BCUT2D eigenvalue weighted by molar-refractivity contribution is 8.00. The lowest BCUT2D eigenvalue weighted by Gasteiger charge is -2.31. The number of anilines is 2. The van der Waals surface area contributed by atoms with E-state index in [2.05, 4.69) is 16.2 Å². The molecule has 1 aromatic rings. The van der Waals surface area contributed by atoms with E-state index in [0.717, 1.165) is 36.7 Å². The van der Waals surface area contributed by atoms with Crippen molar-refractivity contribution in [2.75, 3.05) is 29.5 Å². The van der Waals surface area contributed by atoms with E-state index in [4.69, 9.17) is 5.73 Å². The molecule has 2 N–H and O–H groups in total. The topological polar surface area (TPSA) is 76.3 Å². The number of sulfone groups is 1. The highest BCUT2D eigenvalue weighted by Crippen LogP contribution is 2.43. The normalized spacial score (nSPS) is 24.7. The summed E-state index contributed by atoms with van der Waals surface area (Å²) in [6.45, 7) is 3.89. The van der Waals surface area contributed by atoms with Crippen molar-refractivity contribution in [2.24, 2.45) is 0 Å². The molecule has 1 atom stereocenters. The first-order chi connectivity index (χ1) is 9.00. The number of thioether (sulfide) groups is 1. The van der Waals surface area contributed by atoms with Crippen molar-refractivity contribution in [1.29, 1.82) is 0 Å². The Morgan fingerprint density at radius 1 is 1.42 bits per heavy atom. The molecule has 19 heavy (non-hydrogen) atoms. The van der Waals surface area contributed by atoms with Crippen molar-refractivity contribution in [3.8, 4) is 0 Å². The number of rotatable bonds is 3. The lowest BCUT2D eigenvalue weighted by atomic mass is 10.4. The summed E-state index contributed by atoms with van der Waals surface area (Å²) in [6.07, 6.45) is 1.51. The molecule has 1 saturated carbocycles. The minimum atomic E-state index is -3.28. The Balaban J connectivity index is 1.98. The number of nitrogens with zero attached hydrogens (tertiary/aromatic N) is 2. The van der Waals surface area contributed by atoms with Crippen LogP contribution in [0.1, 0.15) is 19.8 Å². The van der Waals surface area contributed by atoms with Gasteiger partial charge in [0.25, 0.3) is 0 Å². The molecule has 1 aliphatic carbocycles. The fourth-order valence-electron chi connectivity index (χ4n) is 2.30. The maximum atomic E-state index is 12.5. The van der Waals surface area contributed by atoms with Crippen LogP contribution in [-0.4, -0.2) is 42.1 Å². The van der Waals surface area contributed by atoms with Crippen LogP contribution in [0.3, 0.4) is 0 Å².